The molecule has 1 aromatic carbocycles. The lowest BCUT2D eigenvalue weighted by Crippen LogP contribution is -2.46. The lowest BCUT2D eigenvalue weighted by Gasteiger charge is -2.30. The molecule has 1 aliphatic heterocycles. The molecule has 1 aromatic heterocycles. The van der Waals surface area contributed by atoms with Gasteiger partial charge in [0, 0.05) is 25.5 Å². The number of fused-ring (bicyclic) bond motifs is 1. The molecule has 1 atom stereocenters. The fourth-order valence-corrected chi connectivity index (χ4v) is 2.59. The van der Waals surface area contributed by atoms with E-state index in [4.69, 9.17) is 9.47 Å². The van der Waals surface area contributed by atoms with Crippen molar-refractivity contribution in [1.29, 1.82) is 0 Å². The van der Waals surface area contributed by atoms with Crippen LogP contribution in [-0.4, -0.2) is 35.0 Å². The van der Waals surface area contributed by atoms with Crippen molar-refractivity contribution in [3.8, 4) is 11.5 Å². The molecule has 0 bridgehead atoms. The summed E-state index contributed by atoms with van der Waals surface area (Å²) < 4.78 is 11.5. The summed E-state index contributed by atoms with van der Waals surface area (Å²) in [4.78, 5) is 18.6. The number of aromatic nitrogens is 1. The van der Waals surface area contributed by atoms with E-state index in [1.165, 1.54) is 0 Å². The minimum absolute atomic E-state index is 0.0434. The van der Waals surface area contributed by atoms with E-state index in [2.05, 4.69) is 11.9 Å². The molecule has 5 nitrogen and oxygen atoms in total. The maximum absolute atomic E-state index is 12.8. The van der Waals surface area contributed by atoms with Gasteiger partial charge in [-0.25, -0.2) is 0 Å². The van der Waals surface area contributed by atoms with Crippen LogP contribution in [-0.2, 0) is 11.3 Å². The molecule has 1 unspecified atom stereocenters. The minimum Gasteiger partial charge on any atom is -0.485 e. The Kier molecular flexibility index (Phi) is 4.76. The van der Waals surface area contributed by atoms with Crippen molar-refractivity contribution >= 4 is 5.91 Å². The molecule has 0 fully saturated rings. The average molecular weight is 312 g/mol. The van der Waals surface area contributed by atoms with E-state index in [0.717, 1.165) is 12.0 Å². The van der Waals surface area contributed by atoms with E-state index in [1.807, 2.05) is 41.3 Å². The second-order valence-corrected chi connectivity index (χ2v) is 5.48. The van der Waals surface area contributed by atoms with Gasteiger partial charge in [-0.05, 0) is 36.2 Å². The number of hydrogen-bond donors (Lipinski definition) is 0. The van der Waals surface area contributed by atoms with Gasteiger partial charge in [-0.1, -0.05) is 19.1 Å². The number of benzene rings is 1. The van der Waals surface area contributed by atoms with Crippen molar-refractivity contribution < 1.29 is 14.3 Å². The molecular formula is C18H20N2O3. The van der Waals surface area contributed by atoms with Crippen LogP contribution in [0, 0.1) is 0 Å². The first-order valence-corrected chi connectivity index (χ1v) is 7.84. The van der Waals surface area contributed by atoms with Gasteiger partial charge in [0.05, 0.1) is 0 Å². The Balaban J connectivity index is 1.71. The third-order valence-corrected chi connectivity index (χ3v) is 3.71. The Morgan fingerprint density at radius 1 is 1.22 bits per heavy atom. The summed E-state index contributed by atoms with van der Waals surface area (Å²) in [6, 6.07) is 11.3. The SMILES string of the molecule is CCCN(Cc1ccncc1)C(=O)C1COc2ccccc2O1. The third-order valence-electron chi connectivity index (χ3n) is 3.71. The van der Waals surface area contributed by atoms with E-state index in [1.54, 1.807) is 12.4 Å². The number of amides is 1. The molecule has 0 N–H and O–H groups in total. The van der Waals surface area contributed by atoms with Gasteiger partial charge in [-0.2, -0.15) is 0 Å². The maximum atomic E-state index is 12.8. The van der Waals surface area contributed by atoms with Crippen LogP contribution in [0.25, 0.3) is 0 Å². The monoisotopic (exact) mass is 312 g/mol. The highest BCUT2D eigenvalue weighted by Crippen LogP contribution is 2.31. The molecule has 0 aliphatic carbocycles. The van der Waals surface area contributed by atoms with Gasteiger partial charge in [0.25, 0.3) is 5.91 Å². The molecule has 0 saturated carbocycles. The highest BCUT2D eigenvalue weighted by molar-refractivity contribution is 5.82. The molecule has 1 aliphatic rings. The van der Waals surface area contributed by atoms with Gasteiger partial charge < -0.3 is 14.4 Å². The van der Waals surface area contributed by atoms with Crippen molar-refractivity contribution in [2.45, 2.75) is 26.0 Å². The quantitative estimate of drug-likeness (QED) is 0.852. The zero-order valence-corrected chi connectivity index (χ0v) is 13.1. The second kappa shape index (κ2) is 7.13. The highest BCUT2D eigenvalue weighted by Gasteiger charge is 2.30. The fraction of sp³-hybridized carbons (Fsp3) is 0.333. The van der Waals surface area contributed by atoms with E-state index >= 15 is 0 Å². The van der Waals surface area contributed by atoms with Crippen LogP contribution in [0.5, 0.6) is 11.5 Å². The standard InChI is InChI=1S/C18H20N2O3/c1-2-11-20(12-14-7-9-19-10-8-14)18(21)17-13-22-15-5-3-4-6-16(15)23-17/h3-10,17H,2,11-13H2,1H3. The number of carbonyl (C=O) groups excluding carboxylic acids is 1. The Morgan fingerprint density at radius 3 is 2.70 bits per heavy atom. The predicted octanol–water partition coefficient (Wildman–Crippen LogP) is 2.66. The zero-order chi connectivity index (χ0) is 16.1. The summed E-state index contributed by atoms with van der Waals surface area (Å²) in [6.45, 7) is 3.53. The number of carbonyl (C=O) groups is 1. The second-order valence-electron chi connectivity index (χ2n) is 5.48. The number of hydrogen-bond acceptors (Lipinski definition) is 4. The zero-order valence-electron chi connectivity index (χ0n) is 13.1. The van der Waals surface area contributed by atoms with Crippen molar-refractivity contribution in [3.05, 3.63) is 54.4 Å². The van der Waals surface area contributed by atoms with E-state index in [0.29, 0.717) is 24.6 Å². The van der Waals surface area contributed by atoms with Crippen LogP contribution in [0.1, 0.15) is 18.9 Å². The first-order valence-electron chi connectivity index (χ1n) is 7.84. The van der Waals surface area contributed by atoms with Crippen LogP contribution in [0.4, 0.5) is 0 Å². The average Bonchev–Trinajstić information content (AvgIpc) is 2.61. The van der Waals surface area contributed by atoms with Gasteiger partial charge in [-0.15, -0.1) is 0 Å². The normalized spacial score (nSPS) is 16.0. The molecule has 3 rings (SSSR count). The third kappa shape index (κ3) is 3.62. The lowest BCUT2D eigenvalue weighted by molar-refractivity contribution is -0.141. The van der Waals surface area contributed by atoms with E-state index in [-0.39, 0.29) is 12.5 Å². The molecule has 2 heterocycles. The van der Waals surface area contributed by atoms with Crippen LogP contribution < -0.4 is 9.47 Å². The van der Waals surface area contributed by atoms with Crippen LogP contribution in [0.3, 0.4) is 0 Å². The largest absolute Gasteiger partial charge is 0.485 e. The first kappa shape index (κ1) is 15.3. The summed E-state index contributed by atoms with van der Waals surface area (Å²) in [5.41, 5.74) is 1.05. The summed E-state index contributed by atoms with van der Waals surface area (Å²) in [6.07, 6.45) is 3.76. The fourth-order valence-electron chi connectivity index (χ4n) is 2.59. The molecule has 0 spiro atoms. The predicted molar refractivity (Wildman–Crippen MR) is 86.3 cm³/mol. The molecule has 5 heteroatoms. The van der Waals surface area contributed by atoms with Crippen molar-refractivity contribution in [1.82, 2.24) is 9.88 Å². The number of rotatable bonds is 5. The number of pyridine rings is 1. The minimum atomic E-state index is -0.599. The summed E-state index contributed by atoms with van der Waals surface area (Å²) in [5, 5.41) is 0. The van der Waals surface area contributed by atoms with Crippen molar-refractivity contribution in [3.63, 3.8) is 0 Å². The van der Waals surface area contributed by atoms with Gasteiger partial charge in [0.1, 0.15) is 6.61 Å². The number of nitrogens with zero attached hydrogens (tertiary/aromatic N) is 2. The van der Waals surface area contributed by atoms with Gasteiger partial charge in [0.15, 0.2) is 11.5 Å². The molecule has 1 amide bonds. The van der Waals surface area contributed by atoms with Gasteiger partial charge in [0.2, 0.25) is 6.10 Å². The van der Waals surface area contributed by atoms with Crippen LogP contribution in [0.15, 0.2) is 48.8 Å². The van der Waals surface area contributed by atoms with Crippen LogP contribution in [0.2, 0.25) is 0 Å². The molecule has 0 saturated heterocycles. The van der Waals surface area contributed by atoms with E-state index < -0.39 is 6.10 Å². The summed E-state index contributed by atoms with van der Waals surface area (Å²) >= 11 is 0. The topological polar surface area (TPSA) is 51.7 Å². The van der Waals surface area contributed by atoms with Gasteiger partial charge >= 0.3 is 0 Å². The molecule has 23 heavy (non-hydrogen) atoms. The Labute approximate surface area is 135 Å². The highest BCUT2D eigenvalue weighted by atomic mass is 16.6. The Hall–Kier alpha value is -2.56. The van der Waals surface area contributed by atoms with E-state index in [9.17, 15) is 4.79 Å². The molecule has 120 valence electrons. The van der Waals surface area contributed by atoms with Crippen molar-refractivity contribution in [2.75, 3.05) is 13.2 Å². The first-order chi connectivity index (χ1) is 11.3. The Bertz CT molecular complexity index is 660. The lowest BCUT2D eigenvalue weighted by atomic mass is 10.2. The smallest absolute Gasteiger partial charge is 0.267 e. The molecular weight excluding hydrogens is 292 g/mol. The summed E-state index contributed by atoms with van der Waals surface area (Å²) in [7, 11) is 0. The van der Waals surface area contributed by atoms with Gasteiger partial charge in [-0.3, -0.25) is 9.78 Å². The summed E-state index contributed by atoms with van der Waals surface area (Å²) in [5.74, 6) is 1.27. The van der Waals surface area contributed by atoms with Crippen LogP contribution >= 0.6 is 0 Å². The molecule has 0 radical (unpaired) electrons. The maximum Gasteiger partial charge on any atom is 0.267 e. The number of para-hydroxylation sites is 2. The molecule has 2 aromatic rings. The number of ether oxygens (including phenoxy) is 2. The Morgan fingerprint density at radius 2 is 1.96 bits per heavy atom. The van der Waals surface area contributed by atoms with Crippen molar-refractivity contribution in [2.24, 2.45) is 0 Å².